The maximum Gasteiger partial charge on any atom is 0.234 e. The van der Waals surface area contributed by atoms with Crippen LogP contribution >= 0.6 is 23.1 Å². The molecular weight excluding hydrogens is 338 g/mol. The minimum Gasteiger partial charge on any atom is -0.325 e. The van der Waals surface area contributed by atoms with E-state index in [0.717, 1.165) is 27.0 Å². The summed E-state index contributed by atoms with van der Waals surface area (Å²) in [6.07, 6.45) is 0.792. The molecule has 6 heteroatoms. The zero-order valence-corrected chi connectivity index (χ0v) is 14.9. The van der Waals surface area contributed by atoms with Gasteiger partial charge in [0.1, 0.15) is 5.01 Å². The lowest BCUT2D eigenvalue weighted by atomic mass is 10.0. The van der Waals surface area contributed by atoms with E-state index in [9.17, 15) is 4.79 Å². The molecule has 0 aliphatic carbocycles. The SMILES string of the molecule is Cc1nnc(SCC(=O)Nc2ccccc2Cc2ccccc2)s1. The summed E-state index contributed by atoms with van der Waals surface area (Å²) in [5, 5.41) is 11.9. The van der Waals surface area contributed by atoms with Crippen molar-refractivity contribution in [2.45, 2.75) is 17.7 Å². The quantitative estimate of drug-likeness (QED) is 0.674. The third-order valence-corrected chi connectivity index (χ3v) is 5.34. The molecule has 0 spiro atoms. The van der Waals surface area contributed by atoms with Crippen molar-refractivity contribution < 1.29 is 4.79 Å². The van der Waals surface area contributed by atoms with Gasteiger partial charge in [0.15, 0.2) is 4.34 Å². The fourth-order valence-corrected chi connectivity index (χ4v) is 3.88. The molecule has 0 saturated heterocycles. The predicted molar refractivity (Wildman–Crippen MR) is 99.7 cm³/mol. The number of amides is 1. The van der Waals surface area contributed by atoms with Gasteiger partial charge in [0.2, 0.25) is 5.91 Å². The topological polar surface area (TPSA) is 54.9 Å². The Bertz CT molecular complexity index is 818. The first-order valence-electron chi connectivity index (χ1n) is 7.55. The minimum absolute atomic E-state index is 0.0339. The number of anilines is 1. The Morgan fingerprint density at radius 3 is 2.58 bits per heavy atom. The molecule has 0 aliphatic rings. The number of para-hydroxylation sites is 1. The first-order valence-corrected chi connectivity index (χ1v) is 9.35. The van der Waals surface area contributed by atoms with E-state index in [2.05, 4.69) is 27.6 Å². The van der Waals surface area contributed by atoms with Crippen LogP contribution < -0.4 is 5.32 Å². The molecule has 3 rings (SSSR count). The van der Waals surface area contributed by atoms with Crippen LogP contribution in [0.3, 0.4) is 0 Å². The first kappa shape index (κ1) is 16.7. The van der Waals surface area contributed by atoms with E-state index in [1.165, 1.54) is 28.7 Å². The van der Waals surface area contributed by atoms with Gasteiger partial charge in [-0.3, -0.25) is 4.79 Å². The summed E-state index contributed by atoms with van der Waals surface area (Å²) in [4.78, 5) is 12.2. The molecule has 0 aliphatic heterocycles. The number of hydrogen-bond donors (Lipinski definition) is 1. The van der Waals surface area contributed by atoms with Gasteiger partial charge >= 0.3 is 0 Å². The van der Waals surface area contributed by atoms with E-state index in [1.807, 2.05) is 49.4 Å². The summed E-state index contributed by atoms with van der Waals surface area (Å²) in [6, 6.07) is 18.1. The fraction of sp³-hybridized carbons (Fsp3) is 0.167. The van der Waals surface area contributed by atoms with Crippen LogP contribution in [0.2, 0.25) is 0 Å². The lowest BCUT2D eigenvalue weighted by Gasteiger charge is -2.11. The van der Waals surface area contributed by atoms with Gasteiger partial charge in [0.05, 0.1) is 5.75 Å². The second-order valence-electron chi connectivity index (χ2n) is 5.24. The number of hydrogen-bond acceptors (Lipinski definition) is 5. The van der Waals surface area contributed by atoms with E-state index in [1.54, 1.807) is 0 Å². The second-order valence-corrected chi connectivity index (χ2v) is 7.65. The van der Waals surface area contributed by atoms with Gasteiger partial charge in [0.25, 0.3) is 0 Å². The molecule has 3 aromatic rings. The van der Waals surface area contributed by atoms with Crippen LogP contribution in [0.4, 0.5) is 5.69 Å². The van der Waals surface area contributed by atoms with E-state index in [4.69, 9.17) is 0 Å². The van der Waals surface area contributed by atoms with Gasteiger partial charge in [-0.2, -0.15) is 0 Å². The van der Waals surface area contributed by atoms with Crippen molar-refractivity contribution in [2.24, 2.45) is 0 Å². The van der Waals surface area contributed by atoms with Crippen molar-refractivity contribution in [3.8, 4) is 0 Å². The van der Waals surface area contributed by atoms with Crippen molar-refractivity contribution in [2.75, 3.05) is 11.1 Å². The molecule has 1 amide bonds. The van der Waals surface area contributed by atoms with Crippen LogP contribution in [-0.4, -0.2) is 21.9 Å². The number of carbonyl (C=O) groups is 1. The van der Waals surface area contributed by atoms with Gasteiger partial charge in [-0.1, -0.05) is 71.6 Å². The van der Waals surface area contributed by atoms with Crippen LogP contribution in [-0.2, 0) is 11.2 Å². The molecule has 0 fully saturated rings. The van der Waals surface area contributed by atoms with Crippen LogP contribution in [0, 0.1) is 6.92 Å². The largest absolute Gasteiger partial charge is 0.325 e. The fourth-order valence-electron chi connectivity index (χ4n) is 2.26. The average molecular weight is 355 g/mol. The van der Waals surface area contributed by atoms with Gasteiger partial charge in [-0.25, -0.2) is 0 Å². The Balaban J connectivity index is 1.63. The van der Waals surface area contributed by atoms with Crippen LogP contribution in [0.5, 0.6) is 0 Å². The normalized spacial score (nSPS) is 10.5. The zero-order valence-electron chi connectivity index (χ0n) is 13.2. The zero-order chi connectivity index (χ0) is 16.8. The smallest absolute Gasteiger partial charge is 0.234 e. The van der Waals surface area contributed by atoms with Crippen LogP contribution in [0.1, 0.15) is 16.1 Å². The number of nitrogens with zero attached hydrogens (tertiary/aromatic N) is 2. The molecule has 0 atom stereocenters. The summed E-state index contributed by atoms with van der Waals surface area (Å²) in [7, 11) is 0. The maximum absolute atomic E-state index is 12.2. The highest BCUT2D eigenvalue weighted by molar-refractivity contribution is 8.01. The Hall–Kier alpha value is -2.18. The molecule has 0 radical (unpaired) electrons. The Morgan fingerprint density at radius 2 is 1.83 bits per heavy atom. The van der Waals surface area contributed by atoms with Crippen LogP contribution in [0.15, 0.2) is 58.9 Å². The molecule has 0 saturated carbocycles. The van der Waals surface area contributed by atoms with Gasteiger partial charge in [-0.05, 0) is 30.5 Å². The molecule has 2 aromatic carbocycles. The molecule has 0 unspecified atom stereocenters. The third kappa shape index (κ3) is 4.66. The highest BCUT2D eigenvalue weighted by Gasteiger charge is 2.09. The monoisotopic (exact) mass is 355 g/mol. The third-order valence-electron chi connectivity index (χ3n) is 3.36. The lowest BCUT2D eigenvalue weighted by Crippen LogP contribution is -2.15. The minimum atomic E-state index is -0.0339. The number of benzene rings is 2. The summed E-state index contributed by atoms with van der Waals surface area (Å²) in [5.41, 5.74) is 3.19. The van der Waals surface area contributed by atoms with Gasteiger partial charge < -0.3 is 5.32 Å². The summed E-state index contributed by atoms with van der Waals surface area (Å²) < 4.78 is 0.820. The summed E-state index contributed by atoms with van der Waals surface area (Å²) in [5.74, 6) is 0.294. The van der Waals surface area contributed by atoms with E-state index < -0.39 is 0 Å². The molecule has 1 heterocycles. The molecular formula is C18H17N3OS2. The van der Waals surface area contributed by atoms with E-state index >= 15 is 0 Å². The predicted octanol–water partition coefficient (Wildman–Crippen LogP) is 4.17. The van der Waals surface area contributed by atoms with Gasteiger partial charge in [0, 0.05) is 5.69 Å². The molecule has 122 valence electrons. The number of nitrogens with one attached hydrogen (secondary N) is 1. The number of aryl methyl sites for hydroxylation is 1. The van der Waals surface area contributed by atoms with Crippen molar-refractivity contribution >= 4 is 34.7 Å². The number of thioether (sulfide) groups is 1. The maximum atomic E-state index is 12.2. The van der Waals surface area contributed by atoms with Crippen molar-refractivity contribution in [3.63, 3.8) is 0 Å². The second kappa shape index (κ2) is 8.08. The van der Waals surface area contributed by atoms with Crippen LogP contribution in [0.25, 0.3) is 0 Å². The Labute approximate surface area is 149 Å². The number of rotatable bonds is 6. The Kier molecular flexibility index (Phi) is 5.61. The molecule has 1 aromatic heterocycles. The van der Waals surface area contributed by atoms with Crippen molar-refractivity contribution in [1.29, 1.82) is 0 Å². The lowest BCUT2D eigenvalue weighted by molar-refractivity contribution is -0.113. The van der Waals surface area contributed by atoms with Crippen molar-refractivity contribution in [1.82, 2.24) is 10.2 Å². The molecule has 24 heavy (non-hydrogen) atoms. The summed E-state index contributed by atoms with van der Waals surface area (Å²) >= 11 is 2.91. The van der Waals surface area contributed by atoms with E-state index in [-0.39, 0.29) is 5.91 Å². The number of aromatic nitrogens is 2. The standard InChI is InChI=1S/C18H17N3OS2/c1-13-20-21-18(24-13)23-12-17(22)19-16-10-6-5-9-15(16)11-14-7-3-2-4-8-14/h2-10H,11-12H2,1H3,(H,19,22). The Morgan fingerprint density at radius 1 is 1.08 bits per heavy atom. The highest BCUT2D eigenvalue weighted by atomic mass is 32.2. The molecule has 1 N–H and O–H groups in total. The summed E-state index contributed by atoms with van der Waals surface area (Å²) in [6.45, 7) is 1.90. The molecule has 4 nitrogen and oxygen atoms in total. The number of carbonyl (C=O) groups excluding carboxylic acids is 1. The van der Waals surface area contributed by atoms with Gasteiger partial charge in [-0.15, -0.1) is 10.2 Å². The van der Waals surface area contributed by atoms with Crippen molar-refractivity contribution in [3.05, 3.63) is 70.7 Å². The average Bonchev–Trinajstić information content (AvgIpc) is 3.01. The highest BCUT2D eigenvalue weighted by Crippen LogP contribution is 2.23. The van der Waals surface area contributed by atoms with E-state index in [0.29, 0.717) is 5.75 Å². The molecule has 0 bridgehead atoms. The first-order chi connectivity index (χ1) is 11.7.